The first-order chi connectivity index (χ1) is 10.2. The molecule has 1 heterocycles. The minimum Gasteiger partial charge on any atom is -0.374 e. The highest BCUT2D eigenvalue weighted by molar-refractivity contribution is 5.99. The number of aryl methyl sites for hydroxylation is 1. The Morgan fingerprint density at radius 3 is 2.62 bits per heavy atom. The number of hydrogen-bond acceptors (Lipinski definition) is 2. The van der Waals surface area contributed by atoms with Gasteiger partial charge in [0.1, 0.15) is 0 Å². The molecule has 0 saturated heterocycles. The lowest BCUT2D eigenvalue weighted by atomic mass is 9.88. The number of hydrogen-bond donors (Lipinski definition) is 0. The molecule has 0 radical (unpaired) electrons. The first-order valence-electron chi connectivity index (χ1n) is 7.73. The number of Topliss-reactive ketones (excluding diaryl/α,β-unsaturated/α-hetero) is 1. The van der Waals surface area contributed by atoms with Gasteiger partial charge in [-0.05, 0) is 59.7 Å². The summed E-state index contributed by atoms with van der Waals surface area (Å²) in [5.41, 5.74) is 7.31. The molecule has 0 spiro atoms. The highest BCUT2D eigenvalue weighted by Gasteiger charge is 2.19. The van der Waals surface area contributed by atoms with Crippen molar-refractivity contribution in [2.24, 2.45) is 0 Å². The molecule has 1 aliphatic heterocycles. The SMILES string of the molecule is CN1CCc2cc(-c3ccc4c(c3)C(=O)CCC4)ccc21. The third-order valence-electron chi connectivity index (χ3n) is 4.80. The Bertz CT molecular complexity index is 732. The molecule has 0 aromatic heterocycles. The lowest BCUT2D eigenvalue weighted by Crippen LogP contribution is -2.12. The van der Waals surface area contributed by atoms with Gasteiger partial charge in [-0.1, -0.05) is 18.2 Å². The van der Waals surface area contributed by atoms with E-state index in [4.69, 9.17) is 0 Å². The van der Waals surface area contributed by atoms with Crippen LogP contribution in [0, 0.1) is 0 Å². The third kappa shape index (κ3) is 2.06. The molecule has 0 N–H and O–H groups in total. The van der Waals surface area contributed by atoms with Crippen molar-refractivity contribution < 1.29 is 4.79 Å². The van der Waals surface area contributed by atoms with E-state index in [9.17, 15) is 4.79 Å². The third-order valence-corrected chi connectivity index (χ3v) is 4.80. The Kier molecular flexibility index (Phi) is 2.85. The number of likely N-dealkylation sites (N-methyl/N-ethyl adjacent to an activating group) is 1. The Morgan fingerprint density at radius 2 is 1.71 bits per heavy atom. The molecule has 2 aromatic rings. The van der Waals surface area contributed by atoms with Gasteiger partial charge < -0.3 is 4.90 Å². The average molecular weight is 277 g/mol. The van der Waals surface area contributed by atoms with Crippen LogP contribution in [-0.4, -0.2) is 19.4 Å². The van der Waals surface area contributed by atoms with E-state index in [1.807, 2.05) is 0 Å². The average Bonchev–Trinajstić information content (AvgIpc) is 2.88. The second-order valence-electron chi connectivity index (χ2n) is 6.16. The minimum absolute atomic E-state index is 0.305. The molecule has 2 heteroatoms. The van der Waals surface area contributed by atoms with E-state index in [-0.39, 0.29) is 0 Å². The van der Waals surface area contributed by atoms with Crippen LogP contribution in [0.1, 0.15) is 34.3 Å². The topological polar surface area (TPSA) is 20.3 Å². The van der Waals surface area contributed by atoms with Gasteiger partial charge in [0, 0.05) is 31.3 Å². The zero-order valence-corrected chi connectivity index (χ0v) is 12.4. The molecule has 0 amide bonds. The van der Waals surface area contributed by atoms with Crippen LogP contribution in [0.3, 0.4) is 0 Å². The fraction of sp³-hybridized carbons (Fsp3) is 0.316. The van der Waals surface area contributed by atoms with Crippen molar-refractivity contribution in [3.8, 4) is 11.1 Å². The molecule has 2 nitrogen and oxygen atoms in total. The molecule has 0 saturated carbocycles. The summed E-state index contributed by atoms with van der Waals surface area (Å²) in [6.45, 7) is 1.10. The molecular formula is C19H19NO. The Labute approximate surface area is 125 Å². The quantitative estimate of drug-likeness (QED) is 0.788. The van der Waals surface area contributed by atoms with Crippen LogP contribution in [0.2, 0.25) is 0 Å². The number of nitrogens with zero attached hydrogens (tertiary/aromatic N) is 1. The molecule has 0 fully saturated rings. The summed E-state index contributed by atoms with van der Waals surface area (Å²) in [6.07, 6.45) is 3.85. The second kappa shape index (κ2) is 4.73. The van der Waals surface area contributed by atoms with Gasteiger partial charge in [-0.2, -0.15) is 0 Å². The van der Waals surface area contributed by atoms with E-state index >= 15 is 0 Å². The van der Waals surface area contributed by atoms with E-state index < -0.39 is 0 Å². The maximum absolute atomic E-state index is 12.1. The van der Waals surface area contributed by atoms with E-state index in [2.05, 4.69) is 48.3 Å². The summed E-state index contributed by atoms with van der Waals surface area (Å²) in [7, 11) is 2.14. The molecule has 1 aliphatic carbocycles. The summed E-state index contributed by atoms with van der Waals surface area (Å²) in [5, 5.41) is 0. The van der Waals surface area contributed by atoms with Crippen LogP contribution in [-0.2, 0) is 12.8 Å². The van der Waals surface area contributed by atoms with Gasteiger partial charge in [-0.3, -0.25) is 4.79 Å². The molecule has 2 aromatic carbocycles. The highest BCUT2D eigenvalue weighted by atomic mass is 16.1. The lowest BCUT2D eigenvalue weighted by Gasteiger charge is -2.16. The maximum atomic E-state index is 12.1. The fourth-order valence-corrected chi connectivity index (χ4v) is 3.55. The van der Waals surface area contributed by atoms with E-state index in [1.165, 1.54) is 27.9 Å². The number of benzene rings is 2. The molecule has 106 valence electrons. The summed E-state index contributed by atoms with van der Waals surface area (Å²) in [5.74, 6) is 0.305. The standard InChI is InChI=1S/C19H19NO/c1-20-10-9-16-11-14(7-8-18(16)20)15-6-5-13-3-2-4-19(21)17(13)12-15/h5-8,11-12H,2-4,9-10H2,1H3. The van der Waals surface area contributed by atoms with Gasteiger partial charge in [0.05, 0.1) is 0 Å². The van der Waals surface area contributed by atoms with Gasteiger partial charge in [-0.15, -0.1) is 0 Å². The monoisotopic (exact) mass is 277 g/mol. The van der Waals surface area contributed by atoms with Gasteiger partial charge in [0.25, 0.3) is 0 Å². The van der Waals surface area contributed by atoms with Crippen LogP contribution in [0.4, 0.5) is 5.69 Å². The number of fused-ring (bicyclic) bond motifs is 2. The molecule has 0 unspecified atom stereocenters. The van der Waals surface area contributed by atoms with Crippen molar-refractivity contribution in [3.63, 3.8) is 0 Å². The molecule has 2 aliphatic rings. The summed E-state index contributed by atoms with van der Waals surface area (Å²) >= 11 is 0. The largest absolute Gasteiger partial charge is 0.374 e. The predicted octanol–water partition coefficient (Wildman–Crippen LogP) is 3.86. The Balaban J connectivity index is 1.77. The van der Waals surface area contributed by atoms with Crippen molar-refractivity contribution in [2.45, 2.75) is 25.7 Å². The van der Waals surface area contributed by atoms with Crippen molar-refractivity contribution in [1.82, 2.24) is 0 Å². The predicted molar refractivity (Wildman–Crippen MR) is 86.1 cm³/mol. The summed E-state index contributed by atoms with van der Waals surface area (Å²) < 4.78 is 0. The normalized spacial score (nSPS) is 16.8. The molecule has 21 heavy (non-hydrogen) atoms. The number of anilines is 1. The van der Waals surface area contributed by atoms with Crippen molar-refractivity contribution in [3.05, 3.63) is 53.1 Å². The van der Waals surface area contributed by atoms with Crippen LogP contribution >= 0.6 is 0 Å². The van der Waals surface area contributed by atoms with E-state index in [0.29, 0.717) is 12.2 Å². The van der Waals surface area contributed by atoms with E-state index in [1.54, 1.807) is 0 Å². The van der Waals surface area contributed by atoms with Crippen molar-refractivity contribution in [2.75, 3.05) is 18.5 Å². The summed E-state index contributed by atoms with van der Waals surface area (Å²) in [6, 6.07) is 13.1. The van der Waals surface area contributed by atoms with Crippen LogP contribution < -0.4 is 4.90 Å². The Morgan fingerprint density at radius 1 is 0.905 bits per heavy atom. The number of ketones is 1. The lowest BCUT2D eigenvalue weighted by molar-refractivity contribution is 0.0972. The smallest absolute Gasteiger partial charge is 0.163 e. The zero-order chi connectivity index (χ0) is 14.4. The van der Waals surface area contributed by atoms with E-state index in [0.717, 1.165) is 31.4 Å². The van der Waals surface area contributed by atoms with Gasteiger partial charge in [-0.25, -0.2) is 0 Å². The molecule has 0 atom stereocenters. The maximum Gasteiger partial charge on any atom is 0.163 e. The molecule has 0 bridgehead atoms. The second-order valence-corrected chi connectivity index (χ2v) is 6.16. The number of rotatable bonds is 1. The van der Waals surface area contributed by atoms with Gasteiger partial charge >= 0.3 is 0 Å². The summed E-state index contributed by atoms with van der Waals surface area (Å²) in [4.78, 5) is 14.4. The first-order valence-corrected chi connectivity index (χ1v) is 7.73. The number of carbonyl (C=O) groups is 1. The van der Waals surface area contributed by atoms with Crippen molar-refractivity contribution >= 4 is 11.5 Å². The van der Waals surface area contributed by atoms with Crippen LogP contribution in [0.15, 0.2) is 36.4 Å². The first kappa shape index (κ1) is 12.6. The van der Waals surface area contributed by atoms with Crippen LogP contribution in [0.5, 0.6) is 0 Å². The number of carbonyl (C=O) groups excluding carboxylic acids is 1. The molecular weight excluding hydrogens is 258 g/mol. The van der Waals surface area contributed by atoms with Crippen molar-refractivity contribution in [1.29, 1.82) is 0 Å². The molecule has 4 rings (SSSR count). The van der Waals surface area contributed by atoms with Gasteiger partial charge in [0.15, 0.2) is 5.78 Å². The fourth-order valence-electron chi connectivity index (χ4n) is 3.55. The van der Waals surface area contributed by atoms with Gasteiger partial charge in [0.2, 0.25) is 0 Å². The van der Waals surface area contributed by atoms with Crippen LogP contribution in [0.25, 0.3) is 11.1 Å². The highest BCUT2D eigenvalue weighted by Crippen LogP contribution is 2.33. The Hall–Kier alpha value is -2.09. The minimum atomic E-state index is 0.305. The zero-order valence-electron chi connectivity index (χ0n) is 12.4.